The molecule has 4 rings (SSSR count). The fourth-order valence-electron chi connectivity index (χ4n) is 6.00. The molecule has 1 atom stereocenters. The van der Waals surface area contributed by atoms with E-state index in [9.17, 15) is 19.8 Å². The first kappa shape index (κ1) is 22.9. The molecule has 7 heteroatoms. The SMILES string of the molecule is CCCN(C(=O)O)c1ccc(N2CCC[C@]3(CCN([C@H]4CC[C@H](O)CC4)C3=O)C2)c(C)c1. The van der Waals surface area contributed by atoms with Crippen molar-refractivity contribution in [1.29, 1.82) is 0 Å². The Labute approximate surface area is 191 Å². The number of carbonyl (C=O) groups is 2. The predicted molar refractivity (Wildman–Crippen MR) is 125 cm³/mol. The van der Waals surface area contributed by atoms with Crippen molar-refractivity contribution in [2.45, 2.75) is 77.4 Å². The fourth-order valence-corrected chi connectivity index (χ4v) is 6.00. The fraction of sp³-hybridized carbons (Fsp3) is 0.680. The van der Waals surface area contributed by atoms with Gasteiger partial charge in [-0.25, -0.2) is 4.79 Å². The Bertz CT molecular complexity index is 852. The summed E-state index contributed by atoms with van der Waals surface area (Å²) in [5.41, 5.74) is 2.54. The Balaban J connectivity index is 1.49. The van der Waals surface area contributed by atoms with Crippen molar-refractivity contribution in [3.05, 3.63) is 23.8 Å². The molecule has 32 heavy (non-hydrogen) atoms. The molecule has 3 fully saturated rings. The quantitative estimate of drug-likeness (QED) is 0.718. The van der Waals surface area contributed by atoms with Crippen LogP contribution in [0.5, 0.6) is 0 Å². The maximum absolute atomic E-state index is 13.6. The van der Waals surface area contributed by atoms with Gasteiger partial charge in [0.1, 0.15) is 0 Å². The Hall–Kier alpha value is -2.28. The first-order valence-electron chi connectivity index (χ1n) is 12.2. The van der Waals surface area contributed by atoms with E-state index < -0.39 is 6.09 Å². The van der Waals surface area contributed by atoms with Gasteiger partial charge < -0.3 is 20.0 Å². The second-order valence-electron chi connectivity index (χ2n) is 9.92. The van der Waals surface area contributed by atoms with Crippen LogP contribution < -0.4 is 9.80 Å². The largest absolute Gasteiger partial charge is 0.465 e. The molecule has 1 aromatic rings. The minimum atomic E-state index is -0.928. The van der Waals surface area contributed by atoms with Crippen molar-refractivity contribution in [3.8, 4) is 0 Å². The van der Waals surface area contributed by atoms with Gasteiger partial charge in [0.2, 0.25) is 5.91 Å². The van der Waals surface area contributed by atoms with Crippen molar-refractivity contribution in [3.63, 3.8) is 0 Å². The minimum absolute atomic E-state index is 0.205. The van der Waals surface area contributed by atoms with Crippen molar-refractivity contribution < 1.29 is 19.8 Å². The van der Waals surface area contributed by atoms with E-state index >= 15 is 0 Å². The lowest BCUT2D eigenvalue weighted by Gasteiger charge is -2.42. The minimum Gasteiger partial charge on any atom is -0.465 e. The molecule has 2 heterocycles. The van der Waals surface area contributed by atoms with Gasteiger partial charge in [-0.3, -0.25) is 9.69 Å². The van der Waals surface area contributed by atoms with Crippen molar-refractivity contribution in [1.82, 2.24) is 4.90 Å². The topological polar surface area (TPSA) is 84.3 Å². The molecular formula is C25H37N3O4. The number of benzene rings is 1. The average Bonchev–Trinajstić information content (AvgIpc) is 3.07. The number of aliphatic hydroxyl groups is 1. The van der Waals surface area contributed by atoms with Crippen LogP contribution in [0.25, 0.3) is 0 Å². The van der Waals surface area contributed by atoms with E-state index in [2.05, 4.69) is 9.80 Å². The van der Waals surface area contributed by atoms with Crippen LogP contribution in [0.3, 0.4) is 0 Å². The highest BCUT2D eigenvalue weighted by Gasteiger charge is 2.50. The maximum Gasteiger partial charge on any atom is 0.411 e. The van der Waals surface area contributed by atoms with E-state index in [1.807, 2.05) is 32.0 Å². The summed E-state index contributed by atoms with van der Waals surface area (Å²) < 4.78 is 0. The van der Waals surface area contributed by atoms with Crippen LogP contribution in [0.15, 0.2) is 18.2 Å². The number of likely N-dealkylation sites (tertiary alicyclic amines) is 1. The number of piperidine rings is 1. The van der Waals surface area contributed by atoms with E-state index in [-0.39, 0.29) is 17.6 Å². The van der Waals surface area contributed by atoms with Gasteiger partial charge in [-0.05, 0) is 82.1 Å². The Morgan fingerprint density at radius 2 is 1.94 bits per heavy atom. The predicted octanol–water partition coefficient (Wildman–Crippen LogP) is 4.01. The van der Waals surface area contributed by atoms with E-state index in [1.54, 1.807) is 0 Å². The summed E-state index contributed by atoms with van der Waals surface area (Å²) in [5.74, 6) is 0.304. The van der Waals surface area contributed by atoms with Gasteiger partial charge in [-0.1, -0.05) is 6.92 Å². The second kappa shape index (κ2) is 9.30. The molecule has 2 aliphatic heterocycles. The zero-order valence-electron chi connectivity index (χ0n) is 19.4. The van der Waals surface area contributed by atoms with Gasteiger partial charge in [0, 0.05) is 43.6 Å². The molecule has 1 saturated carbocycles. The summed E-state index contributed by atoms with van der Waals surface area (Å²) in [6, 6.07) is 6.15. The lowest BCUT2D eigenvalue weighted by molar-refractivity contribution is -0.139. The molecule has 3 aliphatic rings. The number of anilines is 2. The molecule has 2 amide bonds. The summed E-state index contributed by atoms with van der Waals surface area (Å²) in [5, 5.41) is 19.4. The molecule has 7 nitrogen and oxygen atoms in total. The molecule has 1 spiro atoms. The molecule has 2 N–H and O–H groups in total. The third-order valence-corrected chi connectivity index (χ3v) is 7.74. The number of carboxylic acid groups (broad SMARTS) is 1. The van der Waals surface area contributed by atoms with Crippen molar-refractivity contribution in [2.75, 3.05) is 36.0 Å². The molecule has 1 aliphatic carbocycles. The average molecular weight is 444 g/mol. The Kier molecular flexibility index (Phi) is 6.65. The third kappa shape index (κ3) is 4.32. The van der Waals surface area contributed by atoms with Crippen LogP contribution in [-0.2, 0) is 4.79 Å². The van der Waals surface area contributed by atoms with Gasteiger partial charge in [0.25, 0.3) is 0 Å². The summed E-state index contributed by atoms with van der Waals surface area (Å²) in [6.07, 6.45) is 5.87. The molecule has 176 valence electrons. The number of amides is 2. The molecule has 0 aromatic heterocycles. The normalized spacial score (nSPS) is 28.4. The van der Waals surface area contributed by atoms with Crippen LogP contribution in [-0.4, -0.2) is 65.4 Å². The number of rotatable bonds is 5. The number of hydrogen-bond donors (Lipinski definition) is 2. The monoisotopic (exact) mass is 443 g/mol. The van der Waals surface area contributed by atoms with E-state index in [4.69, 9.17) is 0 Å². The molecule has 0 unspecified atom stereocenters. The summed E-state index contributed by atoms with van der Waals surface area (Å²) in [6.45, 7) is 6.96. The highest BCUT2D eigenvalue weighted by atomic mass is 16.4. The van der Waals surface area contributed by atoms with Gasteiger partial charge in [-0.2, -0.15) is 0 Å². The maximum atomic E-state index is 13.6. The number of nitrogens with zero attached hydrogens (tertiary/aromatic N) is 3. The summed E-state index contributed by atoms with van der Waals surface area (Å²) in [7, 11) is 0. The highest BCUT2D eigenvalue weighted by Crippen LogP contribution is 2.44. The Morgan fingerprint density at radius 1 is 1.19 bits per heavy atom. The number of aryl methyl sites for hydroxylation is 1. The molecular weight excluding hydrogens is 406 g/mol. The Morgan fingerprint density at radius 3 is 2.59 bits per heavy atom. The lowest BCUT2D eigenvalue weighted by Crippen LogP contribution is -2.50. The van der Waals surface area contributed by atoms with E-state index in [0.29, 0.717) is 18.1 Å². The molecule has 1 aromatic carbocycles. The zero-order valence-corrected chi connectivity index (χ0v) is 19.4. The number of hydrogen-bond acceptors (Lipinski definition) is 4. The molecule has 0 radical (unpaired) electrons. The first-order chi connectivity index (χ1) is 15.3. The van der Waals surface area contributed by atoms with Gasteiger partial charge in [-0.15, -0.1) is 0 Å². The summed E-state index contributed by atoms with van der Waals surface area (Å²) in [4.78, 5) is 31.1. The zero-order chi connectivity index (χ0) is 22.9. The third-order valence-electron chi connectivity index (χ3n) is 7.74. The second-order valence-corrected chi connectivity index (χ2v) is 9.92. The molecule has 0 bridgehead atoms. The van der Waals surface area contributed by atoms with Crippen molar-refractivity contribution >= 4 is 23.4 Å². The summed E-state index contributed by atoms with van der Waals surface area (Å²) >= 11 is 0. The smallest absolute Gasteiger partial charge is 0.411 e. The van der Waals surface area contributed by atoms with Gasteiger partial charge in [0.05, 0.1) is 11.5 Å². The van der Waals surface area contributed by atoms with Crippen molar-refractivity contribution in [2.24, 2.45) is 5.41 Å². The number of aliphatic hydroxyl groups excluding tert-OH is 1. The van der Waals surface area contributed by atoms with Crippen LogP contribution in [0, 0.1) is 12.3 Å². The highest BCUT2D eigenvalue weighted by molar-refractivity contribution is 5.87. The first-order valence-corrected chi connectivity index (χ1v) is 12.2. The van der Waals surface area contributed by atoms with Crippen LogP contribution in [0.1, 0.15) is 63.9 Å². The lowest BCUT2D eigenvalue weighted by atomic mass is 9.78. The van der Waals surface area contributed by atoms with Crippen LogP contribution in [0.2, 0.25) is 0 Å². The molecule has 2 saturated heterocycles. The van der Waals surface area contributed by atoms with Crippen LogP contribution in [0.4, 0.5) is 16.2 Å². The van der Waals surface area contributed by atoms with Gasteiger partial charge >= 0.3 is 6.09 Å². The van der Waals surface area contributed by atoms with Crippen LogP contribution >= 0.6 is 0 Å². The van der Waals surface area contributed by atoms with E-state index in [1.165, 1.54) is 4.90 Å². The standard InChI is InChI=1S/C25H37N3O4/c1-3-13-28(24(31)32)20-7-10-22(18(2)16-20)26-14-4-11-25(17-26)12-15-27(23(25)30)19-5-8-21(29)9-6-19/h7,10,16,19,21,29H,3-6,8-9,11-15,17H2,1-2H3,(H,31,32)/t19-,21-,25-/m0/s1. The number of carbonyl (C=O) groups excluding carboxylic acids is 1. The van der Waals surface area contributed by atoms with E-state index in [0.717, 1.165) is 82.3 Å². The van der Waals surface area contributed by atoms with Gasteiger partial charge in [0.15, 0.2) is 0 Å².